The summed E-state index contributed by atoms with van der Waals surface area (Å²) in [6, 6.07) is 5.66. The zero-order valence-electron chi connectivity index (χ0n) is 13.1. The summed E-state index contributed by atoms with van der Waals surface area (Å²) in [5.41, 5.74) is 1.53. The predicted octanol–water partition coefficient (Wildman–Crippen LogP) is 3.06. The fraction of sp³-hybridized carbons (Fsp3) is 0.438. The molecule has 0 aliphatic heterocycles. The van der Waals surface area contributed by atoms with Crippen LogP contribution in [0.2, 0.25) is 0 Å². The molecule has 0 aliphatic carbocycles. The number of carbonyl (C=O) groups is 1. The maximum Gasteiger partial charge on any atom is 0.263 e. The van der Waals surface area contributed by atoms with Crippen molar-refractivity contribution in [1.29, 1.82) is 0 Å². The minimum absolute atomic E-state index is 0.0817. The molecule has 2 rings (SSSR count). The molecule has 1 N–H and O–H groups in total. The normalized spacial score (nSPS) is 10.9. The first-order valence-electron chi connectivity index (χ1n) is 7.36. The SMILES string of the molecule is Cc1nc(-c2ccccn2)sc1C(=O)NCCCOC(C)C. The van der Waals surface area contributed by atoms with Gasteiger partial charge in [0.25, 0.3) is 5.91 Å². The zero-order valence-corrected chi connectivity index (χ0v) is 13.9. The molecule has 0 spiro atoms. The van der Waals surface area contributed by atoms with Crippen LogP contribution in [0.4, 0.5) is 0 Å². The number of ether oxygens (including phenoxy) is 1. The molecule has 0 saturated heterocycles. The quantitative estimate of drug-likeness (QED) is 0.797. The van der Waals surface area contributed by atoms with Crippen molar-refractivity contribution in [2.24, 2.45) is 0 Å². The molecule has 0 radical (unpaired) electrons. The summed E-state index contributed by atoms with van der Waals surface area (Å²) in [5.74, 6) is -0.0817. The average Bonchev–Trinajstić information content (AvgIpc) is 2.89. The van der Waals surface area contributed by atoms with E-state index < -0.39 is 0 Å². The van der Waals surface area contributed by atoms with Gasteiger partial charge in [0.2, 0.25) is 0 Å². The second-order valence-electron chi connectivity index (χ2n) is 5.18. The van der Waals surface area contributed by atoms with Crippen LogP contribution < -0.4 is 5.32 Å². The van der Waals surface area contributed by atoms with Gasteiger partial charge < -0.3 is 10.1 Å². The third-order valence-corrected chi connectivity index (χ3v) is 4.12. The van der Waals surface area contributed by atoms with E-state index in [0.717, 1.165) is 22.8 Å². The number of carbonyl (C=O) groups excluding carboxylic acids is 1. The molecule has 0 saturated carbocycles. The second-order valence-corrected chi connectivity index (χ2v) is 6.18. The summed E-state index contributed by atoms with van der Waals surface area (Å²) >= 11 is 1.37. The van der Waals surface area contributed by atoms with Crippen LogP contribution in [-0.2, 0) is 4.74 Å². The van der Waals surface area contributed by atoms with E-state index in [4.69, 9.17) is 4.74 Å². The van der Waals surface area contributed by atoms with Crippen LogP contribution in [0.5, 0.6) is 0 Å². The van der Waals surface area contributed by atoms with Gasteiger partial charge in [-0.05, 0) is 39.3 Å². The number of nitrogens with zero attached hydrogens (tertiary/aromatic N) is 2. The van der Waals surface area contributed by atoms with Gasteiger partial charge >= 0.3 is 0 Å². The van der Waals surface area contributed by atoms with Crippen LogP contribution in [-0.4, -0.2) is 35.1 Å². The maximum absolute atomic E-state index is 12.2. The highest BCUT2D eigenvalue weighted by Gasteiger charge is 2.16. The van der Waals surface area contributed by atoms with Crippen LogP contribution in [0.1, 0.15) is 35.6 Å². The Kier molecular flexibility index (Phi) is 6.03. The van der Waals surface area contributed by atoms with Crippen molar-refractivity contribution < 1.29 is 9.53 Å². The molecule has 6 heteroatoms. The summed E-state index contributed by atoms with van der Waals surface area (Å²) in [6.45, 7) is 7.09. The lowest BCUT2D eigenvalue weighted by Gasteiger charge is -2.07. The monoisotopic (exact) mass is 319 g/mol. The standard InChI is InChI=1S/C16H21N3O2S/c1-11(2)21-10-6-9-18-15(20)14-12(3)19-16(22-14)13-7-4-5-8-17-13/h4-5,7-8,11H,6,9-10H2,1-3H3,(H,18,20). The van der Waals surface area contributed by atoms with Gasteiger partial charge in [0.05, 0.1) is 17.5 Å². The summed E-state index contributed by atoms with van der Waals surface area (Å²) in [7, 11) is 0. The van der Waals surface area contributed by atoms with Crippen molar-refractivity contribution in [1.82, 2.24) is 15.3 Å². The molecule has 2 aromatic heterocycles. The molecule has 0 aliphatic rings. The average molecular weight is 319 g/mol. The van der Waals surface area contributed by atoms with Crippen molar-refractivity contribution in [3.05, 3.63) is 35.0 Å². The van der Waals surface area contributed by atoms with Gasteiger partial charge in [-0.15, -0.1) is 11.3 Å². The number of rotatable bonds is 7. The van der Waals surface area contributed by atoms with E-state index in [2.05, 4.69) is 15.3 Å². The highest BCUT2D eigenvalue weighted by atomic mass is 32.1. The Bertz CT molecular complexity index is 611. The van der Waals surface area contributed by atoms with Gasteiger partial charge in [-0.25, -0.2) is 4.98 Å². The fourth-order valence-electron chi connectivity index (χ4n) is 1.88. The van der Waals surface area contributed by atoms with Gasteiger partial charge in [0.15, 0.2) is 0 Å². The lowest BCUT2D eigenvalue weighted by atomic mass is 10.3. The number of thiazole rings is 1. The van der Waals surface area contributed by atoms with E-state index in [0.29, 0.717) is 18.0 Å². The molecule has 0 aromatic carbocycles. The smallest absolute Gasteiger partial charge is 0.263 e. The van der Waals surface area contributed by atoms with E-state index >= 15 is 0 Å². The molecule has 2 heterocycles. The van der Waals surface area contributed by atoms with E-state index in [1.54, 1.807) is 6.20 Å². The Morgan fingerprint density at radius 1 is 1.41 bits per heavy atom. The molecule has 2 aromatic rings. The van der Waals surface area contributed by atoms with Crippen LogP contribution >= 0.6 is 11.3 Å². The molecule has 0 bridgehead atoms. The molecule has 0 fully saturated rings. The third-order valence-electron chi connectivity index (χ3n) is 2.94. The van der Waals surface area contributed by atoms with E-state index in [1.165, 1.54) is 11.3 Å². The number of aryl methyl sites for hydroxylation is 1. The van der Waals surface area contributed by atoms with Gasteiger partial charge in [0.1, 0.15) is 9.88 Å². The molecule has 5 nitrogen and oxygen atoms in total. The first-order valence-corrected chi connectivity index (χ1v) is 8.18. The summed E-state index contributed by atoms with van der Waals surface area (Å²) in [5, 5.41) is 3.68. The predicted molar refractivity (Wildman–Crippen MR) is 88.1 cm³/mol. The van der Waals surface area contributed by atoms with E-state index in [-0.39, 0.29) is 12.0 Å². The molecular weight excluding hydrogens is 298 g/mol. The second kappa shape index (κ2) is 8.00. The first kappa shape index (κ1) is 16.6. The lowest BCUT2D eigenvalue weighted by molar-refractivity contribution is 0.0757. The topological polar surface area (TPSA) is 64.1 Å². The highest BCUT2D eigenvalue weighted by molar-refractivity contribution is 7.17. The molecule has 118 valence electrons. The number of hydrogen-bond acceptors (Lipinski definition) is 5. The molecular formula is C16H21N3O2S. The van der Waals surface area contributed by atoms with Crippen molar-refractivity contribution in [2.45, 2.75) is 33.3 Å². The summed E-state index contributed by atoms with van der Waals surface area (Å²) in [4.78, 5) is 21.6. The minimum Gasteiger partial charge on any atom is -0.379 e. The van der Waals surface area contributed by atoms with Crippen molar-refractivity contribution in [2.75, 3.05) is 13.2 Å². The van der Waals surface area contributed by atoms with E-state index in [9.17, 15) is 4.79 Å². The number of amides is 1. The Labute approximate surface area is 134 Å². The van der Waals surface area contributed by atoms with Crippen LogP contribution in [0.15, 0.2) is 24.4 Å². The minimum atomic E-state index is -0.0817. The first-order chi connectivity index (χ1) is 10.6. The van der Waals surface area contributed by atoms with Gasteiger partial charge in [0, 0.05) is 19.3 Å². The number of hydrogen-bond donors (Lipinski definition) is 1. The number of pyridine rings is 1. The molecule has 0 atom stereocenters. The Balaban J connectivity index is 1.92. The Morgan fingerprint density at radius 2 is 2.23 bits per heavy atom. The lowest BCUT2D eigenvalue weighted by Crippen LogP contribution is -2.25. The number of aromatic nitrogens is 2. The molecule has 22 heavy (non-hydrogen) atoms. The molecule has 1 amide bonds. The van der Waals surface area contributed by atoms with Crippen LogP contribution in [0.25, 0.3) is 10.7 Å². The van der Waals surface area contributed by atoms with E-state index in [1.807, 2.05) is 39.0 Å². The van der Waals surface area contributed by atoms with Crippen molar-refractivity contribution >= 4 is 17.2 Å². The third kappa shape index (κ3) is 4.61. The van der Waals surface area contributed by atoms with Crippen molar-refractivity contribution in [3.63, 3.8) is 0 Å². The number of nitrogens with one attached hydrogen (secondary N) is 1. The van der Waals surface area contributed by atoms with Gasteiger partial charge in [-0.1, -0.05) is 6.07 Å². The van der Waals surface area contributed by atoms with Gasteiger partial charge in [-0.3, -0.25) is 9.78 Å². The van der Waals surface area contributed by atoms with Gasteiger partial charge in [-0.2, -0.15) is 0 Å². The Hall–Kier alpha value is -1.79. The molecule has 0 unspecified atom stereocenters. The van der Waals surface area contributed by atoms with Crippen LogP contribution in [0.3, 0.4) is 0 Å². The van der Waals surface area contributed by atoms with Crippen LogP contribution in [0, 0.1) is 6.92 Å². The highest BCUT2D eigenvalue weighted by Crippen LogP contribution is 2.26. The fourth-order valence-corrected chi connectivity index (χ4v) is 2.84. The summed E-state index contributed by atoms with van der Waals surface area (Å²) < 4.78 is 5.45. The zero-order chi connectivity index (χ0) is 15.9. The van der Waals surface area contributed by atoms with Crippen molar-refractivity contribution in [3.8, 4) is 10.7 Å². The Morgan fingerprint density at radius 3 is 2.91 bits per heavy atom. The largest absolute Gasteiger partial charge is 0.379 e. The maximum atomic E-state index is 12.2. The summed E-state index contributed by atoms with van der Waals surface area (Å²) in [6.07, 6.45) is 2.75.